The Labute approximate surface area is 95.8 Å². The quantitative estimate of drug-likeness (QED) is 0.686. The summed E-state index contributed by atoms with van der Waals surface area (Å²) in [5.41, 5.74) is 0. The maximum atomic E-state index is 11.9. The Morgan fingerprint density at radius 3 is 2.50 bits per heavy atom. The van der Waals surface area contributed by atoms with Crippen LogP contribution in [0.2, 0.25) is 0 Å². The Morgan fingerprint density at radius 1 is 1.50 bits per heavy atom. The normalized spacial score (nSPS) is 17.6. The molecule has 2 N–H and O–H groups in total. The SMILES string of the molecule is CCC(C)N(CC(=O)O)C(=O)CC1CNC1. The van der Waals surface area contributed by atoms with Crippen LogP contribution < -0.4 is 5.32 Å². The smallest absolute Gasteiger partial charge is 0.323 e. The van der Waals surface area contributed by atoms with Gasteiger partial charge in [-0.15, -0.1) is 0 Å². The zero-order valence-corrected chi connectivity index (χ0v) is 9.90. The van der Waals surface area contributed by atoms with Gasteiger partial charge < -0.3 is 15.3 Å². The van der Waals surface area contributed by atoms with Crippen LogP contribution in [0.1, 0.15) is 26.7 Å². The van der Waals surface area contributed by atoms with Crippen molar-refractivity contribution in [1.29, 1.82) is 0 Å². The predicted octanol–water partition coefficient (Wildman–Crippen LogP) is 0.308. The zero-order chi connectivity index (χ0) is 12.1. The lowest BCUT2D eigenvalue weighted by atomic mass is 9.98. The average Bonchev–Trinajstić information content (AvgIpc) is 2.18. The summed E-state index contributed by atoms with van der Waals surface area (Å²) in [6.07, 6.45) is 1.24. The molecule has 1 amide bonds. The number of amides is 1. The molecule has 1 rings (SSSR count). The Bertz CT molecular complexity index is 264. The molecule has 0 saturated carbocycles. The monoisotopic (exact) mass is 228 g/mol. The number of hydrogen-bond donors (Lipinski definition) is 2. The van der Waals surface area contributed by atoms with E-state index in [1.165, 1.54) is 4.90 Å². The maximum Gasteiger partial charge on any atom is 0.323 e. The molecule has 1 saturated heterocycles. The van der Waals surface area contributed by atoms with Gasteiger partial charge in [0.2, 0.25) is 5.91 Å². The van der Waals surface area contributed by atoms with Crippen LogP contribution in [0, 0.1) is 5.92 Å². The second-order valence-corrected chi connectivity index (χ2v) is 4.40. The third-order valence-electron chi connectivity index (χ3n) is 3.08. The first-order valence-corrected chi connectivity index (χ1v) is 5.76. The molecular formula is C11H20N2O3. The minimum atomic E-state index is -0.944. The molecule has 5 nitrogen and oxygen atoms in total. The number of aliphatic carboxylic acids is 1. The summed E-state index contributed by atoms with van der Waals surface area (Å²) in [5, 5.41) is 11.9. The Hall–Kier alpha value is -1.10. The van der Waals surface area contributed by atoms with Crippen molar-refractivity contribution in [2.45, 2.75) is 32.7 Å². The van der Waals surface area contributed by atoms with E-state index in [1.807, 2.05) is 13.8 Å². The van der Waals surface area contributed by atoms with Crippen molar-refractivity contribution in [3.05, 3.63) is 0 Å². The Balaban J connectivity index is 2.51. The fraction of sp³-hybridized carbons (Fsp3) is 0.818. The molecule has 1 unspecified atom stereocenters. The van der Waals surface area contributed by atoms with Gasteiger partial charge in [0.15, 0.2) is 0 Å². The van der Waals surface area contributed by atoms with Crippen molar-refractivity contribution < 1.29 is 14.7 Å². The van der Waals surface area contributed by atoms with Crippen molar-refractivity contribution >= 4 is 11.9 Å². The number of carbonyl (C=O) groups excluding carboxylic acids is 1. The van der Waals surface area contributed by atoms with Crippen molar-refractivity contribution in [3.63, 3.8) is 0 Å². The van der Waals surface area contributed by atoms with Gasteiger partial charge >= 0.3 is 5.97 Å². The van der Waals surface area contributed by atoms with Crippen molar-refractivity contribution in [1.82, 2.24) is 10.2 Å². The summed E-state index contributed by atoms with van der Waals surface area (Å²) in [6, 6.07) is -0.00312. The van der Waals surface area contributed by atoms with E-state index in [0.717, 1.165) is 19.5 Å². The third kappa shape index (κ3) is 3.48. The molecule has 1 aliphatic heterocycles. The molecule has 0 radical (unpaired) electrons. The Kier molecular flexibility index (Phi) is 4.73. The van der Waals surface area contributed by atoms with E-state index in [4.69, 9.17) is 5.11 Å². The number of nitrogens with one attached hydrogen (secondary N) is 1. The first-order chi connectivity index (χ1) is 7.54. The second kappa shape index (κ2) is 5.84. The van der Waals surface area contributed by atoms with Crippen LogP contribution in [-0.4, -0.2) is 47.6 Å². The van der Waals surface area contributed by atoms with Gasteiger partial charge in [0, 0.05) is 12.5 Å². The van der Waals surface area contributed by atoms with Crippen molar-refractivity contribution in [3.8, 4) is 0 Å². The van der Waals surface area contributed by atoms with Gasteiger partial charge in [-0.25, -0.2) is 0 Å². The molecule has 0 aliphatic carbocycles. The van der Waals surface area contributed by atoms with Crippen molar-refractivity contribution in [2.24, 2.45) is 5.92 Å². The summed E-state index contributed by atoms with van der Waals surface area (Å²) in [5.74, 6) is -0.600. The molecule has 0 aromatic carbocycles. The minimum absolute atomic E-state index is 0.00312. The lowest BCUT2D eigenvalue weighted by Gasteiger charge is -2.32. The number of carbonyl (C=O) groups is 2. The summed E-state index contributed by atoms with van der Waals surface area (Å²) >= 11 is 0. The second-order valence-electron chi connectivity index (χ2n) is 4.40. The van der Waals surface area contributed by atoms with Gasteiger partial charge in [-0.3, -0.25) is 9.59 Å². The van der Waals surface area contributed by atoms with Crippen LogP contribution in [0.15, 0.2) is 0 Å². The summed E-state index contributed by atoms with van der Waals surface area (Å²) in [6.45, 7) is 5.39. The van der Waals surface area contributed by atoms with Crippen LogP contribution in [-0.2, 0) is 9.59 Å². The van der Waals surface area contributed by atoms with Crippen LogP contribution in [0.25, 0.3) is 0 Å². The largest absolute Gasteiger partial charge is 0.480 e. The number of nitrogens with zero attached hydrogens (tertiary/aromatic N) is 1. The van der Waals surface area contributed by atoms with Gasteiger partial charge in [-0.05, 0) is 32.4 Å². The van der Waals surface area contributed by atoms with E-state index in [1.54, 1.807) is 0 Å². The highest BCUT2D eigenvalue weighted by Gasteiger charge is 2.26. The van der Waals surface area contributed by atoms with E-state index in [-0.39, 0.29) is 18.5 Å². The summed E-state index contributed by atoms with van der Waals surface area (Å²) in [4.78, 5) is 24.1. The summed E-state index contributed by atoms with van der Waals surface area (Å²) in [7, 11) is 0. The molecule has 0 aromatic rings. The first kappa shape index (κ1) is 13.0. The third-order valence-corrected chi connectivity index (χ3v) is 3.08. The van der Waals surface area contributed by atoms with Crippen molar-refractivity contribution in [2.75, 3.05) is 19.6 Å². The molecule has 1 atom stereocenters. The van der Waals surface area contributed by atoms with Gasteiger partial charge in [-0.2, -0.15) is 0 Å². The van der Waals surface area contributed by atoms with E-state index < -0.39 is 5.97 Å². The van der Waals surface area contributed by atoms with Crippen LogP contribution in [0.5, 0.6) is 0 Å². The van der Waals surface area contributed by atoms with Gasteiger partial charge in [0.25, 0.3) is 0 Å². The highest BCUT2D eigenvalue weighted by Crippen LogP contribution is 2.13. The minimum Gasteiger partial charge on any atom is -0.480 e. The number of carboxylic acid groups (broad SMARTS) is 1. The topological polar surface area (TPSA) is 69.6 Å². The molecule has 1 aliphatic rings. The van der Waals surface area contributed by atoms with Crippen LogP contribution in [0.4, 0.5) is 0 Å². The highest BCUT2D eigenvalue weighted by molar-refractivity contribution is 5.81. The average molecular weight is 228 g/mol. The zero-order valence-electron chi connectivity index (χ0n) is 9.90. The molecular weight excluding hydrogens is 208 g/mol. The van der Waals surface area contributed by atoms with E-state index in [2.05, 4.69) is 5.32 Å². The van der Waals surface area contributed by atoms with Gasteiger partial charge in [-0.1, -0.05) is 6.92 Å². The molecule has 16 heavy (non-hydrogen) atoms. The highest BCUT2D eigenvalue weighted by atomic mass is 16.4. The van der Waals surface area contributed by atoms with Crippen LogP contribution >= 0.6 is 0 Å². The first-order valence-electron chi connectivity index (χ1n) is 5.76. The number of rotatable bonds is 6. The molecule has 0 bridgehead atoms. The van der Waals surface area contributed by atoms with E-state index >= 15 is 0 Å². The molecule has 92 valence electrons. The molecule has 0 aromatic heterocycles. The van der Waals surface area contributed by atoms with E-state index in [9.17, 15) is 9.59 Å². The fourth-order valence-corrected chi connectivity index (χ4v) is 1.71. The number of carboxylic acids is 1. The molecule has 1 heterocycles. The fourth-order valence-electron chi connectivity index (χ4n) is 1.71. The molecule has 5 heteroatoms. The lowest BCUT2D eigenvalue weighted by Crippen LogP contribution is -2.48. The maximum absolute atomic E-state index is 11.9. The van der Waals surface area contributed by atoms with Gasteiger partial charge in [0.1, 0.15) is 6.54 Å². The molecule has 0 spiro atoms. The Morgan fingerprint density at radius 2 is 2.12 bits per heavy atom. The summed E-state index contributed by atoms with van der Waals surface area (Å²) < 4.78 is 0. The van der Waals surface area contributed by atoms with E-state index in [0.29, 0.717) is 12.3 Å². The molecule has 1 fully saturated rings. The standard InChI is InChI=1S/C11H20N2O3/c1-3-8(2)13(7-11(15)16)10(14)4-9-5-12-6-9/h8-9,12H,3-7H2,1-2H3,(H,15,16). The van der Waals surface area contributed by atoms with Gasteiger partial charge in [0.05, 0.1) is 0 Å². The lowest BCUT2D eigenvalue weighted by molar-refractivity contribution is -0.146. The van der Waals surface area contributed by atoms with Crippen LogP contribution in [0.3, 0.4) is 0 Å². The predicted molar refractivity (Wildman–Crippen MR) is 60.1 cm³/mol. The number of hydrogen-bond acceptors (Lipinski definition) is 3.